The van der Waals surface area contributed by atoms with E-state index in [4.69, 9.17) is 14.2 Å². The Morgan fingerprint density at radius 3 is 2.74 bits per heavy atom. The maximum absolute atomic E-state index is 12.7. The van der Waals surface area contributed by atoms with E-state index in [1.54, 1.807) is 18.3 Å². The summed E-state index contributed by atoms with van der Waals surface area (Å²) in [6.45, 7) is 5.86. The van der Waals surface area contributed by atoms with Crippen molar-refractivity contribution in [2.75, 3.05) is 44.8 Å². The second-order valence-corrected chi connectivity index (χ2v) is 8.51. The summed E-state index contributed by atoms with van der Waals surface area (Å²) in [7, 11) is 0. The molecular formula is C26H31N3O5. The zero-order valence-electron chi connectivity index (χ0n) is 19.5. The van der Waals surface area contributed by atoms with Gasteiger partial charge in [-0.2, -0.15) is 5.10 Å². The number of carbonyl (C=O) groups excluding carboxylic acids is 2. The van der Waals surface area contributed by atoms with Crippen LogP contribution in [0.2, 0.25) is 0 Å². The highest BCUT2D eigenvalue weighted by molar-refractivity contribution is 6.04. The van der Waals surface area contributed by atoms with Gasteiger partial charge in [-0.05, 0) is 54.3 Å². The average Bonchev–Trinajstić information content (AvgIpc) is 2.87. The van der Waals surface area contributed by atoms with E-state index in [2.05, 4.69) is 10.4 Å². The van der Waals surface area contributed by atoms with Crippen LogP contribution in [-0.4, -0.2) is 62.6 Å². The number of esters is 1. The maximum Gasteiger partial charge on any atom is 0.306 e. The summed E-state index contributed by atoms with van der Waals surface area (Å²) in [5, 5.41) is 9.39. The van der Waals surface area contributed by atoms with Gasteiger partial charge in [-0.1, -0.05) is 19.1 Å². The quantitative estimate of drug-likeness (QED) is 0.474. The largest absolute Gasteiger partial charge is 0.493 e. The van der Waals surface area contributed by atoms with Crippen LogP contribution in [-0.2, 0) is 20.7 Å². The number of hydrogen-bond donors (Lipinski definition) is 1. The van der Waals surface area contributed by atoms with E-state index < -0.39 is 0 Å². The minimum atomic E-state index is -0.193. The Morgan fingerprint density at radius 1 is 1.18 bits per heavy atom. The molecule has 2 aliphatic heterocycles. The lowest BCUT2D eigenvalue weighted by Gasteiger charge is -2.25. The molecule has 180 valence electrons. The second kappa shape index (κ2) is 11.7. The Bertz CT molecular complexity index is 1020. The molecule has 8 nitrogen and oxygen atoms in total. The number of anilines is 1. The van der Waals surface area contributed by atoms with E-state index >= 15 is 0 Å². The smallest absolute Gasteiger partial charge is 0.306 e. The molecule has 8 heteroatoms. The predicted octanol–water partition coefficient (Wildman–Crippen LogP) is 3.50. The number of benzene rings is 2. The van der Waals surface area contributed by atoms with Crippen LogP contribution in [0.3, 0.4) is 0 Å². The number of nitrogens with zero attached hydrogens (tertiary/aromatic N) is 2. The lowest BCUT2D eigenvalue weighted by atomic mass is 9.93. The van der Waals surface area contributed by atoms with Crippen LogP contribution in [0.4, 0.5) is 5.69 Å². The topological polar surface area (TPSA) is 89.5 Å². The van der Waals surface area contributed by atoms with Crippen molar-refractivity contribution in [3.63, 3.8) is 0 Å². The van der Waals surface area contributed by atoms with E-state index in [9.17, 15) is 9.59 Å². The van der Waals surface area contributed by atoms with Crippen LogP contribution in [0.25, 0.3) is 0 Å². The van der Waals surface area contributed by atoms with E-state index in [-0.39, 0.29) is 17.8 Å². The molecule has 1 unspecified atom stereocenters. The van der Waals surface area contributed by atoms with Crippen LogP contribution < -0.4 is 10.1 Å². The molecule has 1 saturated heterocycles. The van der Waals surface area contributed by atoms with Crippen molar-refractivity contribution in [1.29, 1.82) is 0 Å². The molecule has 34 heavy (non-hydrogen) atoms. The monoisotopic (exact) mass is 465 g/mol. The van der Waals surface area contributed by atoms with Crippen molar-refractivity contribution < 1.29 is 23.8 Å². The molecule has 0 aliphatic carbocycles. The Kier molecular flexibility index (Phi) is 8.14. The molecule has 1 fully saturated rings. The van der Waals surface area contributed by atoms with Crippen molar-refractivity contribution >= 4 is 23.8 Å². The van der Waals surface area contributed by atoms with Crippen molar-refractivity contribution in [1.82, 2.24) is 5.01 Å². The summed E-state index contributed by atoms with van der Waals surface area (Å²) in [6, 6.07) is 12.9. The number of fused-ring (bicyclic) bond motifs is 1. The standard InChI is InChI=1S/C26H31N3O5/c1-2-11-33-25(30)15-20-14-22-16-23(7-8-24(22)34-18-20)28-26(31)21-5-3-19(4-6-21)17-27-29-9-12-32-13-10-29/h3-8,16-17,20H,2,9-15,18H2,1H3,(H,28,31). The summed E-state index contributed by atoms with van der Waals surface area (Å²) in [6.07, 6.45) is 3.64. The molecule has 1 atom stereocenters. The summed E-state index contributed by atoms with van der Waals surface area (Å²) >= 11 is 0. The van der Waals surface area contributed by atoms with Gasteiger partial charge in [0.05, 0.1) is 52.2 Å². The van der Waals surface area contributed by atoms with Crippen molar-refractivity contribution in [3.8, 4) is 5.75 Å². The number of rotatable bonds is 8. The molecule has 0 saturated carbocycles. The van der Waals surface area contributed by atoms with Crippen LogP contribution in [0.5, 0.6) is 5.75 Å². The van der Waals surface area contributed by atoms with E-state index in [1.165, 1.54) is 0 Å². The number of amides is 1. The van der Waals surface area contributed by atoms with Crippen molar-refractivity contribution in [3.05, 3.63) is 59.2 Å². The van der Waals surface area contributed by atoms with E-state index in [0.717, 1.165) is 36.4 Å². The molecule has 0 bridgehead atoms. The van der Waals surface area contributed by atoms with Gasteiger partial charge in [0.15, 0.2) is 0 Å². The van der Waals surface area contributed by atoms with Crippen LogP contribution in [0.1, 0.15) is 41.3 Å². The first-order chi connectivity index (χ1) is 16.6. The first kappa shape index (κ1) is 23.8. The molecule has 2 aromatic carbocycles. The van der Waals surface area contributed by atoms with Crippen LogP contribution >= 0.6 is 0 Å². The Balaban J connectivity index is 1.33. The number of hydrazone groups is 1. The fraction of sp³-hybridized carbons (Fsp3) is 0.423. The highest BCUT2D eigenvalue weighted by Crippen LogP contribution is 2.31. The summed E-state index contributed by atoms with van der Waals surface area (Å²) in [4.78, 5) is 24.7. The lowest BCUT2D eigenvalue weighted by Crippen LogP contribution is -2.32. The Morgan fingerprint density at radius 2 is 1.97 bits per heavy atom. The van der Waals surface area contributed by atoms with Gasteiger partial charge in [-0.15, -0.1) is 0 Å². The predicted molar refractivity (Wildman–Crippen MR) is 129 cm³/mol. The van der Waals surface area contributed by atoms with Gasteiger partial charge in [0, 0.05) is 17.2 Å². The Hall–Kier alpha value is -3.39. The third-order valence-corrected chi connectivity index (χ3v) is 5.75. The second-order valence-electron chi connectivity index (χ2n) is 8.51. The maximum atomic E-state index is 12.7. The summed E-state index contributed by atoms with van der Waals surface area (Å²) in [5.74, 6) is 0.476. The van der Waals surface area contributed by atoms with E-state index in [0.29, 0.717) is 50.5 Å². The lowest BCUT2D eigenvalue weighted by molar-refractivity contribution is -0.145. The fourth-order valence-corrected chi connectivity index (χ4v) is 3.92. The van der Waals surface area contributed by atoms with E-state index in [1.807, 2.05) is 42.3 Å². The highest BCUT2D eigenvalue weighted by Gasteiger charge is 2.23. The normalized spacial score (nSPS) is 17.7. The van der Waals surface area contributed by atoms with Gasteiger partial charge in [0.1, 0.15) is 5.75 Å². The van der Waals surface area contributed by atoms with Gasteiger partial charge in [0.2, 0.25) is 0 Å². The molecule has 0 spiro atoms. The van der Waals surface area contributed by atoms with Gasteiger partial charge < -0.3 is 19.5 Å². The molecule has 4 rings (SSSR count). The molecular weight excluding hydrogens is 434 g/mol. The van der Waals surface area contributed by atoms with Gasteiger partial charge in [-0.3, -0.25) is 14.6 Å². The molecule has 2 aromatic rings. The molecule has 0 aromatic heterocycles. The Labute approximate surface area is 199 Å². The fourth-order valence-electron chi connectivity index (χ4n) is 3.92. The summed E-state index contributed by atoms with van der Waals surface area (Å²) < 4.78 is 16.3. The molecule has 1 N–H and O–H groups in total. The van der Waals surface area contributed by atoms with Gasteiger partial charge >= 0.3 is 5.97 Å². The highest BCUT2D eigenvalue weighted by atomic mass is 16.5. The van der Waals surface area contributed by atoms with Gasteiger partial charge in [-0.25, -0.2) is 0 Å². The minimum Gasteiger partial charge on any atom is -0.493 e. The van der Waals surface area contributed by atoms with Crippen LogP contribution in [0, 0.1) is 5.92 Å². The minimum absolute atomic E-state index is 0.0643. The number of carbonyl (C=O) groups is 2. The van der Waals surface area contributed by atoms with Crippen molar-refractivity contribution in [2.45, 2.75) is 26.2 Å². The van der Waals surface area contributed by atoms with Gasteiger partial charge in [0.25, 0.3) is 5.91 Å². The van der Waals surface area contributed by atoms with Crippen molar-refractivity contribution in [2.24, 2.45) is 11.0 Å². The average molecular weight is 466 g/mol. The molecule has 1 amide bonds. The number of ether oxygens (including phenoxy) is 3. The zero-order valence-corrected chi connectivity index (χ0v) is 19.5. The third kappa shape index (κ3) is 6.57. The molecule has 0 radical (unpaired) electrons. The number of nitrogens with one attached hydrogen (secondary N) is 1. The molecule has 2 aliphatic rings. The molecule has 2 heterocycles. The zero-order chi connectivity index (χ0) is 23.8. The first-order valence-corrected chi connectivity index (χ1v) is 11.8. The number of hydrogen-bond acceptors (Lipinski definition) is 7. The first-order valence-electron chi connectivity index (χ1n) is 11.8. The van der Waals surface area contributed by atoms with Crippen LogP contribution in [0.15, 0.2) is 47.6 Å². The number of morpholine rings is 1. The third-order valence-electron chi connectivity index (χ3n) is 5.75. The summed E-state index contributed by atoms with van der Waals surface area (Å²) in [5.41, 5.74) is 3.16. The SMILES string of the molecule is CCCOC(=O)CC1COc2ccc(NC(=O)c3ccc(C=NN4CCOCC4)cc3)cc2C1.